The SMILES string of the molecule is [CH2-]C(CC(C)(C)C)C(=O)C(C)(C)C.[CH2-]CCCc1cn(C)nn1.[Y]. The van der Waals surface area contributed by atoms with Crippen molar-refractivity contribution in [2.45, 2.75) is 67.2 Å². The first kappa shape index (κ1) is 26.1. The van der Waals surface area contributed by atoms with Crippen LogP contribution in [0, 0.1) is 30.6 Å². The second-order valence-electron chi connectivity index (χ2n) is 8.42. The van der Waals surface area contributed by atoms with Crippen molar-refractivity contribution in [2.75, 3.05) is 0 Å². The maximum atomic E-state index is 11.8. The monoisotopic (exact) mass is 410 g/mol. The number of unbranched alkanes of at least 4 members (excludes halogenated alkanes) is 1. The van der Waals surface area contributed by atoms with E-state index in [1.807, 2.05) is 34.0 Å². The summed E-state index contributed by atoms with van der Waals surface area (Å²) in [7, 11) is 1.88. The number of ketones is 1. The van der Waals surface area contributed by atoms with Crippen LogP contribution in [0.4, 0.5) is 0 Å². The quantitative estimate of drug-likeness (QED) is 0.674. The Bertz CT molecular complexity index is 470. The molecule has 0 spiro atoms. The molecule has 137 valence electrons. The number of aryl methyl sites for hydroxylation is 2. The van der Waals surface area contributed by atoms with Crippen molar-refractivity contribution in [3.8, 4) is 0 Å². The molecular formula is C19H35N3OY-2. The molecule has 24 heavy (non-hydrogen) atoms. The molecule has 0 saturated heterocycles. The largest absolute Gasteiger partial charge is 0.343 e. The number of carbonyl (C=O) groups excluding carboxylic acids is 1. The van der Waals surface area contributed by atoms with Crippen LogP contribution in [0.15, 0.2) is 6.20 Å². The van der Waals surface area contributed by atoms with Crippen molar-refractivity contribution < 1.29 is 37.5 Å². The van der Waals surface area contributed by atoms with Gasteiger partial charge < -0.3 is 18.6 Å². The van der Waals surface area contributed by atoms with Gasteiger partial charge in [0, 0.05) is 51.4 Å². The molecule has 0 saturated carbocycles. The Kier molecular flexibility index (Phi) is 12.5. The van der Waals surface area contributed by atoms with E-state index in [-0.39, 0.29) is 55.2 Å². The van der Waals surface area contributed by atoms with E-state index in [0.717, 1.165) is 31.4 Å². The van der Waals surface area contributed by atoms with Gasteiger partial charge >= 0.3 is 0 Å². The van der Waals surface area contributed by atoms with Crippen molar-refractivity contribution in [1.82, 2.24) is 15.0 Å². The van der Waals surface area contributed by atoms with Gasteiger partial charge in [0.2, 0.25) is 0 Å². The Morgan fingerprint density at radius 2 is 1.79 bits per heavy atom. The molecule has 0 aliphatic rings. The molecule has 0 aliphatic carbocycles. The van der Waals surface area contributed by atoms with Crippen molar-refractivity contribution in [1.29, 1.82) is 0 Å². The third-order valence-electron chi connectivity index (χ3n) is 3.30. The van der Waals surface area contributed by atoms with Crippen molar-refractivity contribution in [2.24, 2.45) is 23.8 Å². The van der Waals surface area contributed by atoms with Crippen LogP contribution in [0.2, 0.25) is 0 Å². The van der Waals surface area contributed by atoms with Crippen LogP contribution >= 0.6 is 0 Å². The van der Waals surface area contributed by atoms with E-state index >= 15 is 0 Å². The van der Waals surface area contributed by atoms with Gasteiger partial charge in [-0.15, -0.1) is 11.0 Å². The van der Waals surface area contributed by atoms with E-state index in [1.54, 1.807) is 4.68 Å². The summed E-state index contributed by atoms with van der Waals surface area (Å²) in [5.41, 5.74) is 0.997. The van der Waals surface area contributed by atoms with Gasteiger partial charge in [-0.3, -0.25) is 4.68 Å². The van der Waals surface area contributed by atoms with Crippen LogP contribution in [0.5, 0.6) is 0 Å². The number of carbonyl (C=O) groups is 1. The maximum absolute atomic E-state index is 11.8. The molecule has 0 amide bonds. The standard InChI is InChI=1S/C12H23O.C7H12N3.Y/c1-9(8-11(2,3)4)10(13)12(5,6)7;1-3-4-5-7-6-10(2)9-8-7;/h9H,1,8H2,2-7H3;6H,1,3-5H2,2H3;/q2*-1;. The van der Waals surface area contributed by atoms with Gasteiger partial charge in [-0.1, -0.05) is 59.6 Å². The van der Waals surface area contributed by atoms with Gasteiger partial charge in [0.25, 0.3) is 0 Å². The van der Waals surface area contributed by atoms with E-state index in [9.17, 15) is 4.79 Å². The summed E-state index contributed by atoms with van der Waals surface area (Å²) in [4.78, 5) is 11.8. The first-order valence-corrected chi connectivity index (χ1v) is 8.38. The number of hydrogen-bond acceptors (Lipinski definition) is 3. The first-order chi connectivity index (χ1) is 10.4. The summed E-state index contributed by atoms with van der Waals surface area (Å²) in [6, 6.07) is 0. The van der Waals surface area contributed by atoms with Gasteiger partial charge in [0.1, 0.15) is 5.78 Å². The Morgan fingerprint density at radius 3 is 2.12 bits per heavy atom. The van der Waals surface area contributed by atoms with Gasteiger partial charge in [0.15, 0.2) is 0 Å². The third kappa shape index (κ3) is 12.3. The predicted molar refractivity (Wildman–Crippen MR) is 96.7 cm³/mol. The Labute approximate surface area is 174 Å². The average Bonchev–Trinajstić information content (AvgIpc) is 2.79. The second kappa shape index (κ2) is 11.5. The fourth-order valence-electron chi connectivity index (χ4n) is 2.26. The predicted octanol–water partition coefficient (Wildman–Crippen LogP) is 4.46. The summed E-state index contributed by atoms with van der Waals surface area (Å²) >= 11 is 0. The average molecular weight is 410 g/mol. The number of rotatable bonds is 5. The van der Waals surface area contributed by atoms with E-state index < -0.39 is 0 Å². The van der Waals surface area contributed by atoms with Crippen LogP contribution in [0.1, 0.15) is 66.5 Å². The molecule has 1 unspecified atom stereocenters. The maximum Gasteiger partial charge on any atom is 0.111 e. The number of aromatic nitrogens is 3. The molecule has 0 aromatic carbocycles. The fraction of sp³-hybridized carbons (Fsp3) is 0.737. The van der Waals surface area contributed by atoms with Crippen LogP contribution < -0.4 is 0 Å². The minimum absolute atomic E-state index is 0. The molecule has 0 aliphatic heterocycles. The molecule has 0 N–H and O–H groups in total. The van der Waals surface area contributed by atoms with Crippen LogP contribution in [0.3, 0.4) is 0 Å². The van der Waals surface area contributed by atoms with E-state index in [1.165, 1.54) is 0 Å². The molecule has 4 nitrogen and oxygen atoms in total. The minimum Gasteiger partial charge on any atom is -0.343 e. The number of Topliss-reactive ketones (excluding diaryl/α,β-unsaturated/α-hetero) is 1. The summed E-state index contributed by atoms with van der Waals surface area (Å²) in [6.07, 6.45) is 5.87. The Morgan fingerprint density at radius 1 is 1.25 bits per heavy atom. The van der Waals surface area contributed by atoms with E-state index in [2.05, 4.69) is 44.9 Å². The van der Waals surface area contributed by atoms with Crippen molar-refractivity contribution >= 4 is 5.78 Å². The molecule has 0 bridgehead atoms. The van der Waals surface area contributed by atoms with Crippen LogP contribution in [-0.4, -0.2) is 20.8 Å². The smallest absolute Gasteiger partial charge is 0.111 e. The van der Waals surface area contributed by atoms with Crippen LogP contribution in [0.25, 0.3) is 0 Å². The topological polar surface area (TPSA) is 47.8 Å². The Hall–Kier alpha value is -0.0861. The third-order valence-corrected chi connectivity index (χ3v) is 3.30. The van der Waals surface area contributed by atoms with E-state index in [4.69, 9.17) is 0 Å². The zero-order chi connectivity index (χ0) is 18.3. The summed E-state index contributed by atoms with van der Waals surface area (Å²) in [5, 5.41) is 7.75. The molecular weight excluding hydrogens is 375 g/mol. The zero-order valence-electron chi connectivity index (χ0n) is 16.7. The second-order valence-corrected chi connectivity index (χ2v) is 8.42. The van der Waals surface area contributed by atoms with E-state index in [0.29, 0.717) is 0 Å². The molecule has 1 heterocycles. The van der Waals surface area contributed by atoms with Crippen molar-refractivity contribution in [3.05, 3.63) is 25.7 Å². The van der Waals surface area contributed by atoms with Gasteiger partial charge in [-0.05, 0) is 11.8 Å². The summed E-state index contributed by atoms with van der Waals surface area (Å²) < 4.78 is 1.72. The molecule has 0 fully saturated rings. The minimum atomic E-state index is -0.252. The number of nitrogens with zero attached hydrogens (tertiary/aromatic N) is 3. The molecule has 1 rings (SSSR count). The summed E-state index contributed by atoms with van der Waals surface area (Å²) in [6.45, 7) is 20.0. The fourth-order valence-corrected chi connectivity index (χ4v) is 2.26. The number of hydrogen-bond donors (Lipinski definition) is 0. The zero-order valence-corrected chi connectivity index (χ0v) is 19.6. The molecule has 1 aromatic rings. The van der Waals surface area contributed by atoms with Gasteiger partial charge in [0.05, 0.1) is 5.69 Å². The Balaban J connectivity index is 0. The molecule has 1 radical (unpaired) electrons. The van der Waals surface area contributed by atoms with Crippen LogP contribution in [-0.2, 0) is 51.0 Å². The van der Waals surface area contributed by atoms with Crippen molar-refractivity contribution in [3.63, 3.8) is 0 Å². The van der Waals surface area contributed by atoms with Gasteiger partial charge in [-0.25, -0.2) is 0 Å². The summed E-state index contributed by atoms with van der Waals surface area (Å²) in [5.74, 6) is 0.197. The molecule has 5 heteroatoms. The molecule has 1 aromatic heterocycles. The molecule has 1 atom stereocenters. The van der Waals surface area contributed by atoms with Gasteiger partial charge in [-0.2, -0.15) is 6.42 Å². The normalized spacial score (nSPS) is 12.7. The first-order valence-electron chi connectivity index (χ1n) is 8.38.